The van der Waals surface area contributed by atoms with Crippen molar-refractivity contribution in [2.75, 3.05) is 44.2 Å². The molecule has 1 saturated heterocycles. The normalized spacial score (nSPS) is 15.4. The second-order valence-corrected chi connectivity index (χ2v) is 7.52. The number of aliphatic hydroxyl groups is 1. The number of ether oxygens (including phenoxy) is 1. The fourth-order valence-corrected chi connectivity index (χ4v) is 3.58. The number of anilines is 1. The minimum absolute atomic E-state index is 0. The summed E-state index contributed by atoms with van der Waals surface area (Å²) in [5.74, 6) is 0.763. The van der Waals surface area contributed by atoms with E-state index in [4.69, 9.17) is 27.9 Å². The summed E-state index contributed by atoms with van der Waals surface area (Å²) in [4.78, 5) is 4.59. The number of nitrogens with zero attached hydrogens (tertiary/aromatic N) is 2. The molecule has 3 rings (SSSR count). The zero-order valence-electron chi connectivity index (χ0n) is 15.7. The summed E-state index contributed by atoms with van der Waals surface area (Å²) in [5, 5.41) is 11.8. The highest BCUT2D eigenvalue weighted by Gasteiger charge is 2.20. The lowest BCUT2D eigenvalue weighted by Gasteiger charge is -2.36. The third-order valence-electron chi connectivity index (χ3n) is 4.58. The number of rotatable bonds is 6. The van der Waals surface area contributed by atoms with Crippen LogP contribution in [0.3, 0.4) is 0 Å². The number of hydrogen-bond acceptors (Lipinski definition) is 4. The molecule has 0 saturated carbocycles. The summed E-state index contributed by atoms with van der Waals surface area (Å²) >= 11 is 12.0. The Morgan fingerprint density at radius 1 is 1.00 bits per heavy atom. The largest absolute Gasteiger partial charge is 0.491 e. The lowest BCUT2D eigenvalue weighted by Crippen LogP contribution is -2.49. The Labute approximate surface area is 189 Å². The van der Waals surface area contributed by atoms with Gasteiger partial charge in [-0.15, -0.1) is 24.8 Å². The molecule has 2 aromatic rings. The minimum Gasteiger partial charge on any atom is -0.491 e. The summed E-state index contributed by atoms with van der Waals surface area (Å²) < 4.78 is 5.74. The Morgan fingerprint density at radius 2 is 1.68 bits per heavy atom. The van der Waals surface area contributed by atoms with Crippen molar-refractivity contribution in [1.82, 2.24) is 4.90 Å². The predicted molar refractivity (Wildman–Crippen MR) is 122 cm³/mol. The Morgan fingerprint density at radius 3 is 2.32 bits per heavy atom. The van der Waals surface area contributed by atoms with E-state index in [1.807, 2.05) is 37.3 Å². The van der Waals surface area contributed by atoms with Gasteiger partial charge in [-0.1, -0.05) is 29.3 Å². The maximum Gasteiger partial charge on any atom is 0.122 e. The van der Waals surface area contributed by atoms with Crippen molar-refractivity contribution in [2.45, 2.75) is 13.0 Å². The van der Waals surface area contributed by atoms with Crippen LogP contribution in [0.25, 0.3) is 0 Å². The van der Waals surface area contributed by atoms with Crippen molar-refractivity contribution in [3.63, 3.8) is 0 Å². The van der Waals surface area contributed by atoms with Gasteiger partial charge < -0.3 is 14.7 Å². The van der Waals surface area contributed by atoms with Crippen LogP contribution in [-0.4, -0.2) is 55.4 Å². The number of piperazine rings is 1. The van der Waals surface area contributed by atoms with E-state index in [-0.39, 0.29) is 31.4 Å². The Balaban J connectivity index is 0.00000196. The van der Waals surface area contributed by atoms with E-state index in [1.54, 1.807) is 6.07 Å². The number of β-amino-alcohol motifs (C(OH)–C–C–N with tert-alkyl or cyclic N) is 1. The van der Waals surface area contributed by atoms with Crippen molar-refractivity contribution < 1.29 is 9.84 Å². The fourth-order valence-electron chi connectivity index (χ4n) is 3.17. The molecule has 1 heterocycles. The van der Waals surface area contributed by atoms with Crippen molar-refractivity contribution in [2.24, 2.45) is 0 Å². The van der Waals surface area contributed by atoms with Crippen LogP contribution in [0.4, 0.5) is 5.69 Å². The summed E-state index contributed by atoms with van der Waals surface area (Å²) in [6.45, 7) is 6.48. The van der Waals surface area contributed by atoms with E-state index in [0.29, 0.717) is 11.6 Å². The summed E-state index contributed by atoms with van der Waals surface area (Å²) in [6.07, 6.45) is -0.525. The van der Waals surface area contributed by atoms with E-state index < -0.39 is 6.10 Å². The standard InChI is InChI=1S/C20H24Cl2N2O2.2ClH/c1-15-11-17(22)5-6-20(15)26-14-19(25)13-23-7-9-24(10-8-23)18-4-2-3-16(21)12-18;;/h2-6,11-12,19,25H,7-10,13-14H2,1H3;2*1H. The summed E-state index contributed by atoms with van der Waals surface area (Å²) in [5.41, 5.74) is 2.12. The minimum atomic E-state index is -0.525. The second-order valence-electron chi connectivity index (χ2n) is 6.64. The molecule has 0 bridgehead atoms. The number of aryl methyl sites for hydroxylation is 1. The molecule has 0 aromatic heterocycles. The molecular formula is C20H26Cl4N2O2. The molecule has 28 heavy (non-hydrogen) atoms. The van der Waals surface area contributed by atoms with E-state index in [1.165, 1.54) is 0 Å². The molecule has 1 aliphatic heterocycles. The second kappa shape index (κ2) is 12.0. The molecule has 2 aromatic carbocycles. The smallest absolute Gasteiger partial charge is 0.122 e. The average molecular weight is 468 g/mol. The SMILES string of the molecule is Cc1cc(Cl)ccc1OCC(O)CN1CCN(c2cccc(Cl)c2)CC1.Cl.Cl. The van der Waals surface area contributed by atoms with Gasteiger partial charge in [0.1, 0.15) is 18.5 Å². The molecule has 0 radical (unpaired) electrons. The monoisotopic (exact) mass is 466 g/mol. The Hall–Kier alpha value is -0.880. The molecule has 0 amide bonds. The van der Waals surface area contributed by atoms with Crippen LogP contribution in [-0.2, 0) is 0 Å². The first kappa shape index (κ1) is 25.2. The number of aliphatic hydroxyl groups excluding tert-OH is 1. The number of hydrogen-bond donors (Lipinski definition) is 1. The highest BCUT2D eigenvalue weighted by atomic mass is 35.5. The van der Waals surface area contributed by atoms with Crippen LogP contribution < -0.4 is 9.64 Å². The molecule has 4 nitrogen and oxygen atoms in total. The molecule has 0 aliphatic carbocycles. The van der Waals surface area contributed by atoms with Gasteiger partial charge in [-0.25, -0.2) is 0 Å². The molecule has 8 heteroatoms. The maximum absolute atomic E-state index is 10.3. The summed E-state index contributed by atoms with van der Waals surface area (Å²) in [7, 11) is 0. The van der Waals surface area contributed by atoms with E-state index in [2.05, 4.69) is 15.9 Å². The molecule has 1 N–H and O–H groups in total. The van der Waals surface area contributed by atoms with E-state index in [9.17, 15) is 5.11 Å². The van der Waals surface area contributed by atoms with Crippen molar-refractivity contribution in [3.05, 3.63) is 58.1 Å². The van der Waals surface area contributed by atoms with Gasteiger partial charge in [-0.3, -0.25) is 4.90 Å². The van der Waals surface area contributed by atoms with Crippen LogP contribution >= 0.6 is 48.0 Å². The van der Waals surface area contributed by atoms with Crippen molar-refractivity contribution >= 4 is 53.7 Å². The zero-order chi connectivity index (χ0) is 18.5. The first-order valence-electron chi connectivity index (χ1n) is 8.81. The molecule has 1 aliphatic rings. The van der Waals surface area contributed by atoms with Gasteiger partial charge in [0.05, 0.1) is 0 Å². The third kappa shape index (κ3) is 7.18. The van der Waals surface area contributed by atoms with Crippen LogP contribution in [0.1, 0.15) is 5.56 Å². The van der Waals surface area contributed by atoms with Gasteiger partial charge >= 0.3 is 0 Å². The van der Waals surface area contributed by atoms with Gasteiger partial charge in [0.15, 0.2) is 0 Å². The van der Waals surface area contributed by atoms with Crippen molar-refractivity contribution in [1.29, 1.82) is 0 Å². The van der Waals surface area contributed by atoms with Gasteiger partial charge in [-0.05, 0) is 48.9 Å². The van der Waals surface area contributed by atoms with Crippen LogP contribution in [0.15, 0.2) is 42.5 Å². The highest BCUT2D eigenvalue weighted by Crippen LogP contribution is 2.22. The van der Waals surface area contributed by atoms with Gasteiger partial charge in [0.25, 0.3) is 0 Å². The molecule has 156 valence electrons. The van der Waals surface area contributed by atoms with Gasteiger partial charge in [0.2, 0.25) is 0 Å². The summed E-state index contributed by atoms with van der Waals surface area (Å²) in [6, 6.07) is 13.4. The highest BCUT2D eigenvalue weighted by molar-refractivity contribution is 6.31. The first-order chi connectivity index (χ1) is 12.5. The van der Waals surface area contributed by atoms with Crippen molar-refractivity contribution in [3.8, 4) is 5.75 Å². The van der Waals surface area contributed by atoms with Gasteiger partial charge in [-0.2, -0.15) is 0 Å². The predicted octanol–water partition coefficient (Wildman–Crippen LogP) is 4.71. The fraction of sp³-hybridized carbons (Fsp3) is 0.400. The Kier molecular flexibility index (Phi) is 10.7. The van der Waals surface area contributed by atoms with Crippen LogP contribution in [0.2, 0.25) is 10.0 Å². The molecular weight excluding hydrogens is 442 g/mol. The topological polar surface area (TPSA) is 35.9 Å². The molecule has 0 spiro atoms. The lowest BCUT2D eigenvalue weighted by molar-refractivity contribution is 0.0661. The quantitative estimate of drug-likeness (QED) is 0.667. The third-order valence-corrected chi connectivity index (χ3v) is 5.05. The molecule has 1 unspecified atom stereocenters. The zero-order valence-corrected chi connectivity index (χ0v) is 18.8. The molecule has 1 atom stereocenters. The molecule has 1 fully saturated rings. The van der Waals surface area contributed by atoms with Crippen LogP contribution in [0, 0.1) is 6.92 Å². The lowest BCUT2D eigenvalue weighted by atomic mass is 10.2. The van der Waals surface area contributed by atoms with E-state index >= 15 is 0 Å². The van der Waals surface area contributed by atoms with E-state index in [0.717, 1.165) is 48.2 Å². The average Bonchev–Trinajstić information content (AvgIpc) is 2.61. The first-order valence-corrected chi connectivity index (χ1v) is 9.57. The number of halogens is 4. The maximum atomic E-state index is 10.3. The van der Waals surface area contributed by atoms with Gasteiger partial charge in [0, 0.05) is 48.5 Å². The number of benzene rings is 2. The van der Waals surface area contributed by atoms with Crippen LogP contribution in [0.5, 0.6) is 5.75 Å². The Bertz CT molecular complexity index is 740.